The van der Waals surface area contributed by atoms with Crippen LogP contribution in [0.25, 0.3) is 0 Å². The Labute approximate surface area is 166 Å². The van der Waals surface area contributed by atoms with Crippen LogP contribution in [0.1, 0.15) is 115 Å². The molecule has 154 valence electrons. The number of carboxylic acids is 1. The van der Waals surface area contributed by atoms with Gasteiger partial charge in [0.25, 0.3) is 0 Å². The summed E-state index contributed by atoms with van der Waals surface area (Å²) in [6, 6.07) is 7.48. The zero-order valence-electron chi connectivity index (χ0n) is 17.3. The first-order chi connectivity index (χ1) is 13.1. The van der Waals surface area contributed by atoms with E-state index in [0.717, 1.165) is 18.4 Å². The van der Waals surface area contributed by atoms with Gasteiger partial charge in [-0.1, -0.05) is 89.7 Å². The molecule has 3 nitrogen and oxygen atoms in total. The lowest BCUT2D eigenvalue weighted by molar-refractivity contribution is -0.137. The van der Waals surface area contributed by atoms with Crippen LogP contribution in [0.4, 0.5) is 0 Å². The minimum atomic E-state index is -0.723. The fourth-order valence-electron chi connectivity index (χ4n) is 3.81. The molecule has 27 heavy (non-hydrogen) atoms. The van der Waals surface area contributed by atoms with E-state index in [9.17, 15) is 9.90 Å². The van der Waals surface area contributed by atoms with E-state index in [4.69, 9.17) is 5.11 Å². The fraction of sp³-hybridized carbons (Fsp3) is 0.708. The van der Waals surface area contributed by atoms with Crippen LogP contribution >= 0.6 is 0 Å². The third kappa shape index (κ3) is 12.5. The Morgan fingerprint density at radius 1 is 0.852 bits per heavy atom. The molecule has 0 aromatic heterocycles. The van der Waals surface area contributed by atoms with E-state index in [2.05, 4.69) is 13.0 Å². The Kier molecular flexibility index (Phi) is 13.5. The lowest BCUT2D eigenvalue weighted by atomic mass is 9.88. The van der Waals surface area contributed by atoms with Gasteiger partial charge in [-0.05, 0) is 42.9 Å². The van der Waals surface area contributed by atoms with Crippen molar-refractivity contribution in [3.05, 3.63) is 29.8 Å². The Bertz CT molecular complexity index is 498. The van der Waals surface area contributed by atoms with Crippen LogP contribution in [0.2, 0.25) is 0 Å². The molecule has 0 heterocycles. The quantitative estimate of drug-likeness (QED) is 0.278. The molecule has 0 saturated heterocycles. The van der Waals surface area contributed by atoms with Crippen molar-refractivity contribution in [3.8, 4) is 5.75 Å². The highest BCUT2D eigenvalue weighted by Crippen LogP contribution is 2.30. The van der Waals surface area contributed by atoms with Crippen molar-refractivity contribution in [2.24, 2.45) is 0 Å². The van der Waals surface area contributed by atoms with E-state index in [0.29, 0.717) is 18.1 Å². The second-order valence-corrected chi connectivity index (χ2v) is 7.90. The van der Waals surface area contributed by atoms with Crippen molar-refractivity contribution < 1.29 is 15.0 Å². The first-order valence-electron chi connectivity index (χ1n) is 11.1. The molecule has 0 bridgehead atoms. The lowest BCUT2D eigenvalue weighted by Gasteiger charge is -2.17. The molecule has 1 aromatic carbocycles. The Morgan fingerprint density at radius 2 is 1.41 bits per heavy atom. The number of rotatable bonds is 17. The molecule has 0 aliphatic heterocycles. The van der Waals surface area contributed by atoms with E-state index in [-0.39, 0.29) is 6.42 Å². The molecule has 0 amide bonds. The standard InChI is InChI=1S/C24H40O3/c1-2-3-4-5-6-7-8-9-10-11-12-15-21(16-14-19-24(26)27)22-17-13-18-23(25)20-22/h13,17-18,20-21,25H,2-12,14-16,19H2,1H3,(H,26,27). The highest BCUT2D eigenvalue weighted by molar-refractivity contribution is 5.66. The zero-order chi connectivity index (χ0) is 19.7. The van der Waals surface area contributed by atoms with Gasteiger partial charge in [0.05, 0.1) is 0 Å². The number of phenolic OH excluding ortho intramolecular Hbond substituents is 1. The van der Waals surface area contributed by atoms with Gasteiger partial charge in [-0.15, -0.1) is 0 Å². The second-order valence-electron chi connectivity index (χ2n) is 7.90. The molecular weight excluding hydrogens is 336 g/mol. The van der Waals surface area contributed by atoms with Crippen molar-refractivity contribution >= 4 is 5.97 Å². The summed E-state index contributed by atoms with van der Waals surface area (Å²) in [7, 11) is 0. The first kappa shape index (κ1) is 23.5. The number of phenols is 1. The maximum absolute atomic E-state index is 10.8. The van der Waals surface area contributed by atoms with Crippen LogP contribution in [0.15, 0.2) is 24.3 Å². The molecule has 1 rings (SSSR count). The van der Waals surface area contributed by atoms with Crippen LogP contribution in [-0.4, -0.2) is 16.2 Å². The number of benzene rings is 1. The topological polar surface area (TPSA) is 57.5 Å². The lowest BCUT2D eigenvalue weighted by Crippen LogP contribution is -2.02. The number of hydrogen-bond acceptors (Lipinski definition) is 2. The van der Waals surface area contributed by atoms with Crippen LogP contribution in [0.5, 0.6) is 5.75 Å². The van der Waals surface area contributed by atoms with Crippen molar-refractivity contribution in [2.45, 2.75) is 109 Å². The van der Waals surface area contributed by atoms with Crippen LogP contribution in [0, 0.1) is 0 Å². The summed E-state index contributed by atoms with van der Waals surface area (Å²) < 4.78 is 0. The summed E-state index contributed by atoms with van der Waals surface area (Å²) in [6.45, 7) is 2.26. The van der Waals surface area contributed by atoms with Gasteiger partial charge in [0.15, 0.2) is 0 Å². The number of aromatic hydroxyl groups is 1. The molecule has 2 N–H and O–H groups in total. The van der Waals surface area contributed by atoms with Gasteiger partial charge in [-0.2, -0.15) is 0 Å². The predicted octanol–water partition coefficient (Wildman–Crippen LogP) is 7.43. The highest BCUT2D eigenvalue weighted by atomic mass is 16.4. The maximum Gasteiger partial charge on any atom is 0.303 e. The average Bonchev–Trinajstić information content (AvgIpc) is 2.64. The molecule has 0 radical (unpaired) electrons. The van der Waals surface area contributed by atoms with Gasteiger partial charge in [0.1, 0.15) is 5.75 Å². The smallest absolute Gasteiger partial charge is 0.303 e. The summed E-state index contributed by atoms with van der Waals surface area (Å²) in [5.74, 6) is -0.0657. The third-order valence-electron chi connectivity index (χ3n) is 5.44. The van der Waals surface area contributed by atoms with Gasteiger partial charge in [0, 0.05) is 6.42 Å². The zero-order valence-corrected chi connectivity index (χ0v) is 17.3. The van der Waals surface area contributed by atoms with Crippen LogP contribution in [0.3, 0.4) is 0 Å². The molecule has 0 spiro atoms. The van der Waals surface area contributed by atoms with Crippen molar-refractivity contribution in [2.75, 3.05) is 0 Å². The number of carboxylic acid groups (broad SMARTS) is 1. The number of hydrogen-bond donors (Lipinski definition) is 2. The molecule has 0 aliphatic carbocycles. The molecule has 0 saturated carbocycles. The number of aliphatic carboxylic acids is 1. The number of unbranched alkanes of at least 4 members (excludes halogenated alkanes) is 10. The second kappa shape index (κ2) is 15.5. The largest absolute Gasteiger partial charge is 0.508 e. The predicted molar refractivity (Wildman–Crippen MR) is 113 cm³/mol. The normalized spacial score (nSPS) is 12.2. The molecule has 0 fully saturated rings. The fourth-order valence-corrected chi connectivity index (χ4v) is 3.81. The Hall–Kier alpha value is -1.51. The maximum atomic E-state index is 10.8. The van der Waals surface area contributed by atoms with Gasteiger partial charge in [-0.25, -0.2) is 0 Å². The summed E-state index contributed by atoms with van der Waals surface area (Å²) in [4.78, 5) is 10.8. The Morgan fingerprint density at radius 3 is 1.96 bits per heavy atom. The molecule has 0 aliphatic rings. The summed E-state index contributed by atoms with van der Waals surface area (Å²) in [5.41, 5.74) is 1.15. The first-order valence-corrected chi connectivity index (χ1v) is 11.1. The minimum Gasteiger partial charge on any atom is -0.508 e. The molecule has 3 heteroatoms. The average molecular weight is 377 g/mol. The van der Waals surface area contributed by atoms with Crippen molar-refractivity contribution in [3.63, 3.8) is 0 Å². The van der Waals surface area contributed by atoms with Crippen molar-refractivity contribution in [1.29, 1.82) is 0 Å². The van der Waals surface area contributed by atoms with Crippen LogP contribution in [-0.2, 0) is 4.79 Å². The van der Waals surface area contributed by atoms with Gasteiger partial charge in [0.2, 0.25) is 0 Å². The highest BCUT2D eigenvalue weighted by Gasteiger charge is 2.13. The molecular formula is C24H40O3. The third-order valence-corrected chi connectivity index (χ3v) is 5.44. The monoisotopic (exact) mass is 376 g/mol. The molecule has 1 atom stereocenters. The van der Waals surface area contributed by atoms with Gasteiger partial charge < -0.3 is 10.2 Å². The van der Waals surface area contributed by atoms with E-state index in [1.807, 2.05) is 12.1 Å². The molecule has 1 aromatic rings. The van der Waals surface area contributed by atoms with Gasteiger partial charge >= 0.3 is 5.97 Å². The van der Waals surface area contributed by atoms with Crippen LogP contribution < -0.4 is 0 Å². The summed E-state index contributed by atoms with van der Waals surface area (Å²) >= 11 is 0. The van der Waals surface area contributed by atoms with E-state index >= 15 is 0 Å². The minimum absolute atomic E-state index is 0.230. The van der Waals surface area contributed by atoms with E-state index in [1.165, 1.54) is 70.6 Å². The van der Waals surface area contributed by atoms with E-state index < -0.39 is 5.97 Å². The Balaban J connectivity index is 2.20. The number of carbonyl (C=O) groups is 1. The summed E-state index contributed by atoms with van der Waals surface area (Å²) in [5, 5.41) is 18.6. The van der Waals surface area contributed by atoms with Gasteiger partial charge in [-0.3, -0.25) is 4.79 Å². The van der Waals surface area contributed by atoms with E-state index in [1.54, 1.807) is 6.07 Å². The SMILES string of the molecule is CCCCCCCCCCCCCC(CCCC(=O)O)c1cccc(O)c1. The summed E-state index contributed by atoms with van der Waals surface area (Å²) in [6.07, 6.45) is 17.6. The van der Waals surface area contributed by atoms with Crippen molar-refractivity contribution in [1.82, 2.24) is 0 Å². The molecule has 1 unspecified atom stereocenters.